The molecule has 0 N–H and O–H groups in total. The average molecular weight is 484 g/mol. The number of hydrogen-bond donors (Lipinski definition) is 0. The number of piperazine rings is 1. The number of alkyl halides is 3. The molecule has 3 rings (SSSR count). The van der Waals surface area contributed by atoms with Gasteiger partial charge in [-0.05, 0) is 23.8 Å². The highest BCUT2D eigenvalue weighted by Crippen LogP contribution is 2.30. The first kappa shape index (κ1) is 23.6. The lowest BCUT2D eigenvalue weighted by Gasteiger charge is -2.33. The van der Waals surface area contributed by atoms with Crippen molar-refractivity contribution >= 4 is 20.0 Å². The molecule has 0 unspecified atom stereocenters. The van der Waals surface area contributed by atoms with Gasteiger partial charge in [-0.2, -0.15) is 21.8 Å². The molecule has 0 amide bonds. The van der Waals surface area contributed by atoms with E-state index in [1.165, 1.54) is 6.07 Å². The lowest BCUT2D eigenvalue weighted by atomic mass is 10.1. The molecule has 1 fully saturated rings. The molecule has 1 aliphatic heterocycles. The Labute approximate surface area is 176 Å². The van der Waals surface area contributed by atoms with Crippen molar-refractivity contribution in [3.63, 3.8) is 0 Å². The number of rotatable bonds is 5. The number of nitrogens with zero attached hydrogens (tertiary/aromatic N) is 2. The lowest BCUT2D eigenvalue weighted by molar-refractivity contribution is -0.137. The second-order valence-corrected chi connectivity index (χ2v) is 10.7. The Kier molecular flexibility index (Phi) is 6.42. The monoisotopic (exact) mass is 484 g/mol. The molecule has 6 nitrogen and oxygen atoms in total. The molecule has 1 heterocycles. The van der Waals surface area contributed by atoms with Crippen LogP contribution in [0.2, 0.25) is 0 Å². The number of hydrogen-bond acceptors (Lipinski definition) is 4. The van der Waals surface area contributed by atoms with Crippen LogP contribution in [0.3, 0.4) is 0 Å². The Morgan fingerprint density at radius 1 is 0.839 bits per heavy atom. The summed E-state index contributed by atoms with van der Waals surface area (Å²) in [6.45, 7) is -1.10. The van der Waals surface area contributed by atoms with Gasteiger partial charge in [0.2, 0.25) is 20.0 Å². The predicted octanol–water partition coefficient (Wildman–Crippen LogP) is 2.82. The van der Waals surface area contributed by atoms with Gasteiger partial charge in [-0.3, -0.25) is 0 Å². The first-order valence-electron chi connectivity index (χ1n) is 8.90. The first-order valence-corrected chi connectivity index (χ1v) is 11.9. The van der Waals surface area contributed by atoms with Gasteiger partial charge >= 0.3 is 6.18 Å². The van der Waals surface area contributed by atoms with E-state index in [0.29, 0.717) is 6.07 Å². The summed E-state index contributed by atoms with van der Waals surface area (Å²) in [7, 11) is -8.34. The molecule has 0 saturated carbocycles. The van der Waals surface area contributed by atoms with Crippen molar-refractivity contribution in [2.75, 3.05) is 26.2 Å². The SMILES string of the molecule is O=S(=O)(Cc1cccc(C(F)(F)F)c1)N1CCN(S(=O)(=O)c2ccc(F)cc2F)CC1. The zero-order valence-corrected chi connectivity index (χ0v) is 17.4. The lowest BCUT2D eigenvalue weighted by Crippen LogP contribution is -2.50. The molecule has 0 aliphatic carbocycles. The van der Waals surface area contributed by atoms with Crippen molar-refractivity contribution in [1.82, 2.24) is 8.61 Å². The van der Waals surface area contributed by atoms with Gasteiger partial charge in [-0.1, -0.05) is 18.2 Å². The maximum atomic E-state index is 13.9. The highest BCUT2D eigenvalue weighted by Gasteiger charge is 2.35. The Bertz CT molecular complexity index is 1180. The van der Waals surface area contributed by atoms with Gasteiger partial charge in [0.25, 0.3) is 0 Å². The second kappa shape index (κ2) is 8.45. The largest absolute Gasteiger partial charge is 0.416 e. The molecule has 2 aromatic rings. The molecule has 1 saturated heterocycles. The van der Waals surface area contributed by atoms with Gasteiger partial charge in [-0.15, -0.1) is 0 Å². The van der Waals surface area contributed by atoms with Crippen LogP contribution in [0.1, 0.15) is 11.1 Å². The average Bonchev–Trinajstić information content (AvgIpc) is 2.67. The summed E-state index contributed by atoms with van der Waals surface area (Å²) in [6.07, 6.45) is -4.62. The summed E-state index contributed by atoms with van der Waals surface area (Å²) in [6, 6.07) is 5.95. The fraction of sp³-hybridized carbons (Fsp3) is 0.333. The standard InChI is InChI=1S/C18H17F5N2O4S2/c19-15-4-5-17(16(20)11-15)31(28,29)25-8-6-24(7-9-25)30(26,27)12-13-2-1-3-14(10-13)18(21,22)23/h1-5,10-11H,6-9,12H2. The zero-order valence-electron chi connectivity index (χ0n) is 15.8. The molecule has 0 bridgehead atoms. The van der Waals surface area contributed by atoms with Crippen LogP contribution in [0.25, 0.3) is 0 Å². The summed E-state index contributed by atoms with van der Waals surface area (Å²) in [5.41, 5.74) is -1.03. The molecular weight excluding hydrogens is 467 g/mol. The number of benzene rings is 2. The number of halogens is 5. The van der Waals surface area contributed by atoms with Gasteiger partial charge in [0.1, 0.15) is 16.5 Å². The Morgan fingerprint density at radius 3 is 2.03 bits per heavy atom. The minimum atomic E-state index is -4.62. The van der Waals surface area contributed by atoms with Gasteiger partial charge in [0, 0.05) is 32.2 Å². The third-order valence-corrected chi connectivity index (χ3v) is 8.49. The third-order valence-electron chi connectivity index (χ3n) is 4.71. The van der Waals surface area contributed by atoms with Crippen LogP contribution in [0.5, 0.6) is 0 Å². The summed E-state index contributed by atoms with van der Waals surface area (Å²) in [5, 5.41) is 0. The van der Waals surface area contributed by atoms with E-state index in [-0.39, 0.29) is 31.7 Å². The van der Waals surface area contributed by atoms with Gasteiger partial charge < -0.3 is 0 Å². The molecule has 0 radical (unpaired) electrons. The molecule has 31 heavy (non-hydrogen) atoms. The second-order valence-electron chi connectivity index (χ2n) is 6.83. The normalized spacial score (nSPS) is 17.1. The van der Waals surface area contributed by atoms with E-state index in [2.05, 4.69) is 0 Å². The minimum absolute atomic E-state index is 0.0572. The highest BCUT2D eigenvalue weighted by atomic mass is 32.2. The van der Waals surface area contributed by atoms with Gasteiger partial charge in [-0.25, -0.2) is 25.6 Å². The van der Waals surface area contributed by atoms with Crippen molar-refractivity contribution in [3.05, 3.63) is 65.2 Å². The molecular formula is C18H17F5N2O4S2. The summed E-state index contributed by atoms with van der Waals surface area (Å²) in [4.78, 5) is -0.728. The maximum Gasteiger partial charge on any atom is 0.416 e. The first-order chi connectivity index (χ1) is 14.3. The molecule has 0 atom stereocenters. The molecule has 1 aliphatic rings. The van der Waals surface area contributed by atoms with Gasteiger partial charge in [0.05, 0.1) is 11.3 Å². The van der Waals surface area contributed by atoms with E-state index in [0.717, 1.165) is 38.9 Å². The maximum absolute atomic E-state index is 13.9. The topological polar surface area (TPSA) is 74.8 Å². The van der Waals surface area contributed by atoms with E-state index in [1.54, 1.807) is 0 Å². The third kappa shape index (κ3) is 5.22. The van der Waals surface area contributed by atoms with Crippen LogP contribution < -0.4 is 0 Å². The van der Waals surface area contributed by atoms with Crippen molar-refractivity contribution in [1.29, 1.82) is 0 Å². The molecule has 13 heteroatoms. The van der Waals surface area contributed by atoms with E-state index >= 15 is 0 Å². The quantitative estimate of drug-likeness (QED) is 0.612. The van der Waals surface area contributed by atoms with E-state index in [4.69, 9.17) is 0 Å². The minimum Gasteiger partial charge on any atom is -0.212 e. The van der Waals surface area contributed by atoms with Crippen LogP contribution in [-0.4, -0.2) is 51.6 Å². The Balaban J connectivity index is 1.71. The van der Waals surface area contributed by atoms with Crippen LogP contribution in [0, 0.1) is 11.6 Å². The molecule has 0 spiro atoms. The van der Waals surface area contributed by atoms with Crippen molar-refractivity contribution < 1.29 is 38.8 Å². The zero-order chi connectivity index (χ0) is 23.0. The Morgan fingerprint density at radius 2 is 1.45 bits per heavy atom. The predicted molar refractivity (Wildman–Crippen MR) is 101 cm³/mol. The van der Waals surface area contributed by atoms with Crippen molar-refractivity contribution in [3.8, 4) is 0 Å². The van der Waals surface area contributed by atoms with Crippen LogP contribution in [0.4, 0.5) is 22.0 Å². The smallest absolute Gasteiger partial charge is 0.212 e. The van der Waals surface area contributed by atoms with Gasteiger partial charge in [0.15, 0.2) is 0 Å². The van der Waals surface area contributed by atoms with E-state index in [1.807, 2.05) is 0 Å². The van der Waals surface area contributed by atoms with E-state index < -0.39 is 54.1 Å². The summed E-state index contributed by atoms with van der Waals surface area (Å²) in [5.74, 6) is -2.89. The van der Waals surface area contributed by atoms with Crippen LogP contribution in [0.15, 0.2) is 47.4 Å². The summed E-state index contributed by atoms with van der Waals surface area (Å²) >= 11 is 0. The Hall–Kier alpha value is -2.09. The molecule has 0 aromatic heterocycles. The summed E-state index contributed by atoms with van der Waals surface area (Å²) < 4.78 is 118. The number of sulfonamides is 2. The van der Waals surface area contributed by atoms with Crippen LogP contribution >= 0.6 is 0 Å². The van der Waals surface area contributed by atoms with Crippen molar-refractivity contribution in [2.24, 2.45) is 0 Å². The fourth-order valence-electron chi connectivity index (χ4n) is 3.15. The van der Waals surface area contributed by atoms with E-state index in [9.17, 15) is 38.8 Å². The van der Waals surface area contributed by atoms with Crippen LogP contribution in [-0.2, 0) is 32.0 Å². The fourth-order valence-corrected chi connectivity index (χ4v) is 6.12. The molecule has 2 aromatic carbocycles. The van der Waals surface area contributed by atoms with Crippen molar-refractivity contribution in [2.45, 2.75) is 16.8 Å². The molecule has 170 valence electrons. The highest BCUT2D eigenvalue weighted by molar-refractivity contribution is 7.89.